The largest absolute Gasteiger partial charge is 0.369 e. The highest BCUT2D eigenvalue weighted by molar-refractivity contribution is 5.76. The third-order valence-corrected chi connectivity index (χ3v) is 13.2. The summed E-state index contributed by atoms with van der Waals surface area (Å²) in [6, 6.07) is 0. The van der Waals surface area contributed by atoms with Crippen molar-refractivity contribution in [3.63, 3.8) is 0 Å². The van der Waals surface area contributed by atoms with Gasteiger partial charge < -0.3 is 5.73 Å². The quantitative estimate of drug-likeness (QED) is 0.0613. The predicted molar refractivity (Wildman–Crippen MR) is 255 cm³/mol. The second-order valence-corrected chi connectivity index (χ2v) is 18.9. The average Bonchev–Trinajstić information content (AvgIpc) is 3.20. The van der Waals surface area contributed by atoms with Crippen molar-refractivity contribution in [2.45, 2.75) is 335 Å². The summed E-state index contributed by atoms with van der Waals surface area (Å²) >= 11 is 0. The van der Waals surface area contributed by atoms with Crippen LogP contribution in [0.5, 0.6) is 0 Å². The number of nitrogens with two attached hydrogens (primary N) is 1. The molecule has 1 atom stereocenters. The van der Waals surface area contributed by atoms with Crippen molar-refractivity contribution in [3.05, 3.63) is 0 Å². The fourth-order valence-electron chi connectivity index (χ4n) is 9.13. The van der Waals surface area contributed by atoms with Crippen molar-refractivity contribution in [1.29, 1.82) is 0 Å². The van der Waals surface area contributed by atoms with Crippen molar-refractivity contribution < 1.29 is 4.79 Å². The lowest BCUT2D eigenvalue weighted by atomic mass is 9.93. The Balaban J connectivity index is 3.28. The maximum absolute atomic E-state index is 12.0. The molecule has 0 fully saturated rings. The Labute approximate surface area is 356 Å². The number of carbonyl (C=O) groups excluding carboxylic acids is 1. The molecule has 0 saturated heterocycles. The van der Waals surface area contributed by atoms with E-state index < -0.39 is 0 Å². The van der Waals surface area contributed by atoms with Gasteiger partial charge in [-0.1, -0.05) is 322 Å². The summed E-state index contributed by atoms with van der Waals surface area (Å²) in [5, 5.41) is 0. The summed E-state index contributed by atoms with van der Waals surface area (Å²) in [6.07, 6.45) is 70.5. The Kier molecular flexibility index (Phi) is 50.1. The van der Waals surface area contributed by atoms with Crippen molar-refractivity contribution in [3.8, 4) is 0 Å². The van der Waals surface area contributed by atoms with Crippen molar-refractivity contribution >= 4 is 5.91 Å². The number of primary amides is 1. The molecule has 0 aromatic heterocycles. The Hall–Kier alpha value is -0.530. The highest BCUT2D eigenvalue weighted by Crippen LogP contribution is 2.21. The third-order valence-electron chi connectivity index (χ3n) is 13.2. The van der Waals surface area contributed by atoms with Gasteiger partial charge in [-0.15, -0.1) is 0 Å². The molecule has 0 bridgehead atoms. The second-order valence-electron chi connectivity index (χ2n) is 18.9. The van der Waals surface area contributed by atoms with Gasteiger partial charge in [0, 0.05) is 5.92 Å². The Morgan fingerprint density at radius 2 is 0.375 bits per heavy atom. The van der Waals surface area contributed by atoms with E-state index in [4.69, 9.17) is 5.73 Å². The van der Waals surface area contributed by atoms with Crippen molar-refractivity contribution in [2.24, 2.45) is 11.7 Å². The molecule has 0 rings (SSSR count). The summed E-state index contributed by atoms with van der Waals surface area (Å²) in [4.78, 5) is 12.0. The predicted octanol–water partition coefficient (Wildman–Crippen LogP) is 19.6. The van der Waals surface area contributed by atoms with Gasteiger partial charge in [0.15, 0.2) is 0 Å². The SMILES string of the molecule is CCCCCCCCCCCCCCCCCCCCCCCCCCCCCCCCCCC(CCCCCCCCCCCCCCCCCC)C(N)=O. The molecule has 2 heteroatoms. The first-order valence-electron chi connectivity index (χ1n) is 27.0. The van der Waals surface area contributed by atoms with Gasteiger partial charge in [0.1, 0.15) is 0 Å². The Bertz CT molecular complexity index is 705. The van der Waals surface area contributed by atoms with Gasteiger partial charge in [-0.2, -0.15) is 0 Å². The molecule has 0 aromatic carbocycles. The zero-order valence-electron chi connectivity index (χ0n) is 39.4. The molecule has 2 nitrogen and oxygen atoms in total. The lowest BCUT2D eigenvalue weighted by Gasteiger charge is -2.13. The minimum absolute atomic E-state index is 0.0494. The van der Waals surface area contributed by atoms with E-state index in [9.17, 15) is 4.79 Å². The summed E-state index contributed by atoms with van der Waals surface area (Å²) < 4.78 is 0. The minimum Gasteiger partial charge on any atom is -0.369 e. The van der Waals surface area contributed by atoms with Crippen LogP contribution in [0.2, 0.25) is 0 Å². The van der Waals surface area contributed by atoms with E-state index in [0.29, 0.717) is 0 Å². The van der Waals surface area contributed by atoms with E-state index in [1.807, 2.05) is 0 Å². The number of unbranched alkanes of at least 4 members (excludes halogenated alkanes) is 46. The maximum atomic E-state index is 12.0. The molecule has 0 saturated carbocycles. The molecule has 0 aliphatic heterocycles. The summed E-state index contributed by atoms with van der Waals surface area (Å²) in [5.41, 5.74) is 5.78. The molecule has 1 unspecified atom stereocenters. The minimum atomic E-state index is -0.0494. The van der Waals surface area contributed by atoms with E-state index in [0.717, 1.165) is 12.8 Å². The van der Waals surface area contributed by atoms with Crippen LogP contribution in [-0.2, 0) is 4.79 Å². The lowest BCUT2D eigenvalue weighted by Crippen LogP contribution is -2.23. The van der Waals surface area contributed by atoms with Gasteiger partial charge in [-0.3, -0.25) is 4.79 Å². The first kappa shape index (κ1) is 55.5. The average molecular weight is 788 g/mol. The first-order valence-corrected chi connectivity index (χ1v) is 27.0. The molecule has 0 aromatic rings. The highest BCUT2D eigenvalue weighted by Gasteiger charge is 2.14. The second kappa shape index (κ2) is 50.6. The molecule has 0 spiro atoms. The molecule has 0 radical (unpaired) electrons. The summed E-state index contributed by atoms with van der Waals surface area (Å²) in [5.74, 6) is 0.0712. The molecular formula is C54H109NO. The van der Waals surface area contributed by atoms with Crippen LogP contribution in [0, 0.1) is 5.92 Å². The maximum Gasteiger partial charge on any atom is 0.220 e. The van der Waals surface area contributed by atoms with Crippen LogP contribution in [0.15, 0.2) is 0 Å². The zero-order valence-corrected chi connectivity index (χ0v) is 39.4. The van der Waals surface area contributed by atoms with Crippen molar-refractivity contribution in [2.75, 3.05) is 0 Å². The molecule has 1 amide bonds. The van der Waals surface area contributed by atoms with Crippen molar-refractivity contribution in [1.82, 2.24) is 0 Å². The van der Waals surface area contributed by atoms with E-state index in [-0.39, 0.29) is 11.8 Å². The van der Waals surface area contributed by atoms with Crippen LogP contribution >= 0.6 is 0 Å². The number of amides is 1. The monoisotopic (exact) mass is 788 g/mol. The molecular weight excluding hydrogens is 679 g/mol. The van der Waals surface area contributed by atoms with Crippen LogP contribution in [0.3, 0.4) is 0 Å². The molecule has 2 N–H and O–H groups in total. The standard InChI is InChI=1S/C54H109NO/c1-3-5-7-9-11-13-15-17-19-21-22-23-24-25-26-27-28-29-30-31-32-33-34-35-36-38-40-42-44-46-48-50-52-53(54(55)56)51-49-47-45-43-41-39-37-20-18-16-14-12-10-8-6-4-2/h53H,3-52H2,1-2H3,(H2,55,56). The van der Waals surface area contributed by atoms with Crippen LogP contribution < -0.4 is 5.73 Å². The van der Waals surface area contributed by atoms with Gasteiger partial charge in [-0.05, 0) is 12.8 Å². The van der Waals surface area contributed by atoms with Crippen LogP contribution in [0.4, 0.5) is 0 Å². The topological polar surface area (TPSA) is 43.1 Å². The van der Waals surface area contributed by atoms with Gasteiger partial charge in [0.25, 0.3) is 0 Å². The number of carbonyl (C=O) groups is 1. The van der Waals surface area contributed by atoms with Crippen LogP contribution in [0.25, 0.3) is 0 Å². The smallest absolute Gasteiger partial charge is 0.220 e. The van der Waals surface area contributed by atoms with E-state index in [2.05, 4.69) is 13.8 Å². The molecule has 336 valence electrons. The number of hydrogen-bond acceptors (Lipinski definition) is 1. The van der Waals surface area contributed by atoms with E-state index in [1.54, 1.807) is 0 Å². The summed E-state index contributed by atoms with van der Waals surface area (Å²) in [6.45, 7) is 4.61. The third kappa shape index (κ3) is 47.8. The number of hydrogen-bond donors (Lipinski definition) is 1. The van der Waals surface area contributed by atoms with Gasteiger partial charge in [0.05, 0.1) is 0 Å². The Morgan fingerprint density at radius 3 is 0.500 bits per heavy atom. The molecule has 0 heterocycles. The van der Waals surface area contributed by atoms with E-state index >= 15 is 0 Å². The first-order chi connectivity index (χ1) is 27.7. The molecule has 0 aliphatic carbocycles. The molecule has 0 aliphatic rings. The van der Waals surface area contributed by atoms with Crippen LogP contribution in [-0.4, -0.2) is 5.91 Å². The van der Waals surface area contributed by atoms with Gasteiger partial charge in [-0.25, -0.2) is 0 Å². The zero-order chi connectivity index (χ0) is 40.5. The van der Waals surface area contributed by atoms with Gasteiger partial charge >= 0.3 is 0 Å². The summed E-state index contributed by atoms with van der Waals surface area (Å²) in [7, 11) is 0. The molecule has 56 heavy (non-hydrogen) atoms. The van der Waals surface area contributed by atoms with E-state index in [1.165, 1.54) is 308 Å². The fourth-order valence-corrected chi connectivity index (χ4v) is 9.13. The number of rotatable bonds is 51. The van der Waals surface area contributed by atoms with Gasteiger partial charge in [0.2, 0.25) is 5.91 Å². The lowest BCUT2D eigenvalue weighted by molar-refractivity contribution is -0.122. The normalized spacial score (nSPS) is 12.2. The fraction of sp³-hybridized carbons (Fsp3) is 0.981. The van der Waals surface area contributed by atoms with Crippen LogP contribution in [0.1, 0.15) is 335 Å². The Morgan fingerprint density at radius 1 is 0.250 bits per heavy atom. The highest BCUT2D eigenvalue weighted by atomic mass is 16.1.